The molecule has 17 heavy (non-hydrogen) atoms. The van der Waals surface area contributed by atoms with Gasteiger partial charge in [-0.3, -0.25) is 4.68 Å². The molecule has 0 amide bonds. The normalized spacial score (nSPS) is 25.8. The number of rotatable bonds is 2. The summed E-state index contributed by atoms with van der Waals surface area (Å²) in [6.45, 7) is 0. The predicted molar refractivity (Wildman–Crippen MR) is 72.4 cm³/mol. The minimum Gasteiger partial charge on any atom is -0.307 e. The summed E-state index contributed by atoms with van der Waals surface area (Å²) in [5.74, 6) is 2.65. The largest absolute Gasteiger partial charge is 0.307 e. The lowest BCUT2D eigenvalue weighted by Gasteiger charge is -2.30. The predicted octanol–water partition coefficient (Wildman–Crippen LogP) is 2.28. The smallest absolute Gasteiger partial charge is 0.0540 e. The molecule has 2 heterocycles. The highest BCUT2D eigenvalue weighted by atomic mass is 32.2. The Hall–Kier alpha value is -0.480. The van der Waals surface area contributed by atoms with Crippen LogP contribution in [-0.2, 0) is 13.5 Å². The third-order valence-electron chi connectivity index (χ3n) is 4.03. The van der Waals surface area contributed by atoms with Gasteiger partial charge in [-0.1, -0.05) is 0 Å². The summed E-state index contributed by atoms with van der Waals surface area (Å²) in [5, 5.41) is 8.27. The van der Waals surface area contributed by atoms with Gasteiger partial charge in [-0.15, -0.1) is 0 Å². The quantitative estimate of drug-likeness (QED) is 0.874. The van der Waals surface area contributed by atoms with E-state index in [9.17, 15) is 0 Å². The van der Waals surface area contributed by atoms with E-state index in [1.165, 1.54) is 54.9 Å². The summed E-state index contributed by atoms with van der Waals surface area (Å²) in [5.41, 5.74) is 2.90. The van der Waals surface area contributed by atoms with E-state index in [0.29, 0.717) is 6.04 Å². The van der Waals surface area contributed by atoms with Crippen LogP contribution < -0.4 is 5.32 Å². The molecular formula is C13H21N3S. The maximum Gasteiger partial charge on any atom is 0.0540 e. The lowest BCUT2D eigenvalue weighted by molar-refractivity contribution is 0.376. The summed E-state index contributed by atoms with van der Waals surface area (Å²) < 4.78 is 2.06. The van der Waals surface area contributed by atoms with Gasteiger partial charge >= 0.3 is 0 Å². The molecular weight excluding hydrogens is 230 g/mol. The maximum atomic E-state index is 4.41. The Kier molecular flexibility index (Phi) is 3.43. The minimum atomic E-state index is 0.556. The van der Waals surface area contributed by atoms with Crippen molar-refractivity contribution in [1.29, 1.82) is 0 Å². The molecule has 3 nitrogen and oxygen atoms in total. The Labute approximate surface area is 107 Å². The number of hydrogen-bond acceptors (Lipinski definition) is 3. The summed E-state index contributed by atoms with van der Waals surface area (Å²) >= 11 is 2.09. The van der Waals surface area contributed by atoms with Crippen LogP contribution in [0.25, 0.3) is 0 Å². The van der Waals surface area contributed by atoms with Crippen LogP contribution in [0.15, 0.2) is 6.20 Å². The summed E-state index contributed by atoms with van der Waals surface area (Å²) in [6, 6.07) is 1.29. The van der Waals surface area contributed by atoms with Gasteiger partial charge in [0.2, 0.25) is 0 Å². The molecule has 1 aromatic heterocycles. The minimum absolute atomic E-state index is 0.556. The molecule has 1 unspecified atom stereocenters. The average molecular weight is 251 g/mol. The molecule has 0 aromatic carbocycles. The van der Waals surface area contributed by atoms with Gasteiger partial charge in [0, 0.05) is 30.4 Å². The molecule has 3 rings (SSSR count). The van der Waals surface area contributed by atoms with Gasteiger partial charge in [-0.2, -0.15) is 16.9 Å². The van der Waals surface area contributed by atoms with E-state index in [4.69, 9.17) is 0 Å². The van der Waals surface area contributed by atoms with E-state index in [-0.39, 0.29) is 0 Å². The van der Waals surface area contributed by atoms with Gasteiger partial charge in [0.1, 0.15) is 0 Å². The number of nitrogens with zero attached hydrogens (tertiary/aromatic N) is 2. The average Bonchev–Trinajstić information content (AvgIpc) is 2.74. The molecule has 1 saturated heterocycles. The molecule has 0 spiro atoms. The molecule has 1 aliphatic heterocycles. The Morgan fingerprint density at radius 1 is 1.35 bits per heavy atom. The third kappa shape index (κ3) is 2.38. The van der Waals surface area contributed by atoms with Gasteiger partial charge in [0.15, 0.2) is 0 Å². The second-order valence-corrected chi connectivity index (χ2v) is 6.39. The van der Waals surface area contributed by atoms with E-state index in [2.05, 4.69) is 40.1 Å². The van der Waals surface area contributed by atoms with Gasteiger partial charge in [0.05, 0.1) is 6.20 Å². The van der Waals surface area contributed by atoms with Crippen molar-refractivity contribution in [3.8, 4) is 0 Å². The second kappa shape index (κ2) is 5.02. The van der Waals surface area contributed by atoms with E-state index in [1.807, 2.05) is 0 Å². The first-order valence-corrected chi connectivity index (χ1v) is 7.84. The SMILES string of the molecule is Cn1ncc2c1CCCC2NC1CCSCC1. The van der Waals surface area contributed by atoms with Gasteiger partial charge < -0.3 is 5.32 Å². The van der Waals surface area contributed by atoms with Gasteiger partial charge in [0.25, 0.3) is 0 Å². The van der Waals surface area contributed by atoms with E-state index >= 15 is 0 Å². The van der Waals surface area contributed by atoms with Crippen molar-refractivity contribution in [1.82, 2.24) is 15.1 Å². The van der Waals surface area contributed by atoms with Crippen molar-refractivity contribution >= 4 is 11.8 Å². The molecule has 4 heteroatoms. The summed E-state index contributed by atoms with van der Waals surface area (Å²) in [6.07, 6.45) is 8.51. The number of hydrogen-bond donors (Lipinski definition) is 1. The number of nitrogens with one attached hydrogen (secondary N) is 1. The number of aromatic nitrogens is 2. The van der Waals surface area contributed by atoms with Crippen molar-refractivity contribution in [2.24, 2.45) is 7.05 Å². The first kappa shape index (κ1) is 11.6. The zero-order chi connectivity index (χ0) is 11.7. The molecule has 0 bridgehead atoms. The van der Waals surface area contributed by atoms with Crippen molar-refractivity contribution in [2.45, 2.75) is 44.2 Å². The van der Waals surface area contributed by atoms with Crippen molar-refractivity contribution in [2.75, 3.05) is 11.5 Å². The van der Waals surface area contributed by atoms with Crippen LogP contribution in [0, 0.1) is 0 Å². The second-order valence-electron chi connectivity index (χ2n) is 5.17. The van der Waals surface area contributed by atoms with Gasteiger partial charge in [-0.25, -0.2) is 0 Å². The summed E-state index contributed by atoms with van der Waals surface area (Å²) in [4.78, 5) is 0. The van der Waals surface area contributed by atoms with E-state index in [0.717, 1.165) is 6.04 Å². The monoisotopic (exact) mass is 251 g/mol. The van der Waals surface area contributed by atoms with Crippen molar-refractivity contribution < 1.29 is 0 Å². The van der Waals surface area contributed by atoms with E-state index in [1.54, 1.807) is 0 Å². The lowest BCUT2D eigenvalue weighted by atomic mass is 9.92. The fourth-order valence-electron chi connectivity index (χ4n) is 3.03. The number of fused-ring (bicyclic) bond motifs is 1. The third-order valence-corrected chi connectivity index (χ3v) is 5.08. The van der Waals surface area contributed by atoms with E-state index < -0.39 is 0 Å². The molecule has 1 aliphatic carbocycles. The van der Waals surface area contributed by atoms with Crippen molar-refractivity contribution in [3.63, 3.8) is 0 Å². The Balaban J connectivity index is 1.71. The first-order valence-electron chi connectivity index (χ1n) is 6.69. The van der Waals surface area contributed by atoms with Crippen LogP contribution in [0.3, 0.4) is 0 Å². The fraction of sp³-hybridized carbons (Fsp3) is 0.769. The lowest BCUT2D eigenvalue weighted by Crippen LogP contribution is -2.37. The molecule has 1 fully saturated rings. The molecule has 1 N–H and O–H groups in total. The first-order chi connectivity index (χ1) is 8.34. The Morgan fingerprint density at radius 3 is 3.00 bits per heavy atom. The highest BCUT2D eigenvalue weighted by Crippen LogP contribution is 2.30. The van der Waals surface area contributed by atoms with Crippen LogP contribution in [0.5, 0.6) is 0 Å². The molecule has 0 radical (unpaired) electrons. The highest BCUT2D eigenvalue weighted by Gasteiger charge is 2.25. The van der Waals surface area contributed by atoms with Crippen LogP contribution in [0.4, 0.5) is 0 Å². The van der Waals surface area contributed by atoms with Crippen LogP contribution >= 0.6 is 11.8 Å². The standard InChI is InChI=1S/C13H21N3S/c1-16-13-4-2-3-12(11(13)9-14-16)15-10-5-7-17-8-6-10/h9-10,12,15H,2-8H2,1H3. The molecule has 1 atom stereocenters. The zero-order valence-electron chi connectivity index (χ0n) is 10.5. The summed E-state index contributed by atoms with van der Waals surface area (Å²) in [7, 11) is 2.07. The topological polar surface area (TPSA) is 29.9 Å². The molecule has 94 valence electrons. The zero-order valence-corrected chi connectivity index (χ0v) is 11.3. The molecule has 1 aromatic rings. The van der Waals surface area contributed by atoms with Crippen molar-refractivity contribution in [3.05, 3.63) is 17.5 Å². The Morgan fingerprint density at radius 2 is 2.18 bits per heavy atom. The number of aryl methyl sites for hydroxylation is 1. The van der Waals surface area contributed by atoms with Crippen LogP contribution in [-0.4, -0.2) is 27.3 Å². The fourth-order valence-corrected chi connectivity index (χ4v) is 4.13. The molecule has 2 aliphatic rings. The maximum absolute atomic E-state index is 4.41. The van der Waals surface area contributed by atoms with Crippen LogP contribution in [0.2, 0.25) is 0 Å². The highest BCUT2D eigenvalue weighted by molar-refractivity contribution is 7.99. The van der Waals surface area contributed by atoms with Crippen LogP contribution in [0.1, 0.15) is 43.0 Å². The Bertz CT molecular complexity index is 382. The molecule has 0 saturated carbocycles. The van der Waals surface area contributed by atoms with Gasteiger partial charge in [-0.05, 0) is 43.6 Å². The number of thioether (sulfide) groups is 1.